The zero-order chi connectivity index (χ0) is 16.9. The average Bonchev–Trinajstić information content (AvgIpc) is 2.99. The maximum absolute atomic E-state index is 11.9. The van der Waals surface area contributed by atoms with Gasteiger partial charge in [-0.2, -0.15) is 0 Å². The largest absolute Gasteiger partial charge is 0.354 e. The van der Waals surface area contributed by atoms with E-state index in [0.717, 1.165) is 37.8 Å². The Morgan fingerprint density at radius 1 is 1.35 bits per heavy atom. The first-order valence-electron chi connectivity index (χ1n) is 7.79. The van der Waals surface area contributed by atoms with Gasteiger partial charge in [0.1, 0.15) is 9.84 Å². The molecule has 1 heterocycles. The molecule has 1 N–H and O–H groups in total. The Labute approximate surface area is 142 Å². The fraction of sp³-hybridized carbons (Fsp3) is 0.562. The van der Waals surface area contributed by atoms with Gasteiger partial charge in [-0.25, -0.2) is 8.42 Å². The lowest BCUT2D eigenvalue weighted by atomic mass is 10.1. The molecule has 1 atom stereocenters. The quantitative estimate of drug-likeness (QED) is 0.809. The van der Waals surface area contributed by atoms with Gasteiger partial charge < -0.3 is 5.32 Å². The van der Waals surface area contributed by atoms with Crippen molar-refractivity contribution in [2.24, 2.45) is 0 Å². The Morgan fingerprint density at radius 3 is 2.65 bits per heavy atom. The monoisotopic (exact) mass is 358 g/mol. The van der Waals surface area contributed by atoms with Gasteiger partial charge in [-0.1, -0.05) is 23.7 Å². The minimum absolute atomic E-state index is 0.00109. The number of hydrogen-bond acceptors (Lipinski definition) is 4. The van der Waals surface area contributed by atoms with Crippen molar-refractivity contribution in [2.45, 2.75) is 25.3 Å². The second-order valence-corrected chi connectivity index (χ2v) is 8.69. The number of carbonyl (C=O) groups excluding carboxylic acids is 1. The molecule has 2 rings (SSSR count). The Kier molecular flexibility index (Phi) is 6.44. The molecule has 0 aromatic heterocycles. The van der Waals surface area contributed by atoms with Crippen LogP contribution in [-0.4, -0.2) is 50.9 Å². The minimum Gasteiger partial charge on any atom is -0.354 e. The van der Waals surface area contributed by atoms with Gasteiger partial charge in [-0.15, -0.1) is 0 Å². The number of rotatable bonds is 7. The SMILES string of the molecule is CS(=O)(=O)CCC(=O)NCC(c1cccc(Cl)c1)N1CCCC1. The molecule has 0 saturated carbocycles. The number of amides is 1. The van der Waals surface area contributed by atoms with Crippen LogP contribution in [0.5, 0.6) is 0 Å². The Bertz CT molecular complexity index is 642. The molecule has 1 aliphatic heterocycles. The van der Waals surface area contributed by atoms with E-state index in [9.17, 15) is 13.2 Å². The van der Waals surface area contributed by atoms with Crippen molar-refractivity contribution >= 4 is 27.3 Å². The number of sulfone groups is 1. The van der Waals surface area contributed by atoms with Crippen molar-refractivity contribution in [1.29, 1.82) is 0 Å². The Morgan fingerprint density at radius 2 is 2.04 bits per heavy atom. The van der Waals surface area contributed by atoms with Gasteiger partial charge in [-0.3, -0.25) is 9.69 Å². The van der Waals surface area contributed by atoms with E-state index in [1.165, 1.54) is 0 Å². The van der Waals surface area contributed by atoms with Gasteiger partial charge in [0.2, 0.25) is 5.91 Å². The molecular formula is C16H23ClN2O3S. The molecule has 1 saturated heterocycles. The second kappa shape index (κ2) is 8.13. The standard InChI is InChI=1S/C16H23ClN2O3S/c1-23(21,22)10-7-16(20)18-12-15(19-8-2-3-9-19)13-5-4-6-14(17)11-13/h4-6,11,15H,2-3,7-10,12H2,1H3,(H,18,20). The van der Waals surface area contributed by atoms with Crippen LogP contribution in [0.1, 0.15) is 30.9 Å². The first-order chi connectivity index (χ1) is 10.8. The molecule has 1 fully saturated rings. The highest BCUT2D eigenvalue weighted by molar-refractivity contribution is 7.90. The normalized spacial score (nSPS) is 17.1. The van der Waals surface area contributed by atoms with Crippen molar-refractivity contribution in [3.8, 4) is 0 Å². The second-order valence-electron chi connectivity index (χ2n) is 6.00. The summed E-state index contributed by atoms with van der Waals surface area (Å²) in [6.07, 6.45) is 3.44. The van der Waals surface area contributed by atoms with Crippen molar-refractivity contribution < 1.29 is 13.2 Å². The highest BCUT2D eigenvalue weighted by Crippen LogP contribution is 2.26. The van der Waals surface area contributed by atoms with Crippen LogP contribution in [0.4, 0.5) is 0 Å². The Hall–Kier alpha value is -1.11. The molecule has 1 aromatic rings. The topological polar surface area (TPSA) is 66.5 Å². The summed E-state index contributed by atoms with van der Waals surface area (Å²) in [5.74, 6) is -0.355. The summed E-state index contributed by atoms with van der Waals surface area (Å²) in [7, 11) is -3.12. The number of benzene rings is 1. The molecule has 1 amide bonds. The lowest BCUT2D eigenvalue weighted by Gasteiger charge is -2.28. The summed E-state index contributed by atoms with van der Waals surface area (Å²) < 4.78 is 22.3. The van der Waals surface area contributed by atoms with Crippen LogP contribution >= 0.6 is 11.6 Å². The van der Waals surface area contributed by atoms with E-state index in [1.807, 2.05) is 24.3 Å². The molecular weight excluding hydrogens is 336 g/mol. The summed E-state index contributed by atoms with van der Waals surface area (Å²) >= 11 is 6.09. The zero-order valence-corrected chi connectivity index (χ0v) is 14.9. The van der Waals surface area contributed by atoms with Crippen LogP contribution in [0.25, 0.3) is 0 Å². The maximum Gasteiger partial charge on any atom is 0.221 e. The molecule has 1 aliphatic rings. The Balaban J connectivity index is 1.99. The molecule has 0 spiro atoms. The lowest BCUT2D eigenvalue weighted by Crippen LogP contribution is -2.37. The summed E-state index contributed by atoms with van der Waals surface area (Å²) in [4.78, 5) is 14.2. The maximum atomic E-state index is 11.9. The van der Waals surface area contributed by atoms with Crippen LogP contribution in [-0.2, 0) is 14.6 Å². The fourth-order valence-electron chi connectivity index (χ4n) is 2.80. The highest BCUT2D eigenvalue weighted by Gasteiger charge is 2.24. The number of carbonyl (C=O) groups is 1. The van der Waals surface area contributed by atoms with E-state index in [4.69, 9.17) is 11.6 Å². The molecule has 23 heavy (non-hydrogen) atoms. The van der Waals surface area contributed by atoms with Gasteiger partial charge in [0.15, 0.2) is 0 Å². The fourth-order valence-corrected chi connectivity index (χ4v) is 3.56. The van der Waals surface area contributed by atoms with Gasteiger partial charge in [0.25, 0.3) is 0 Å². The third-order valence-corrected chi connectivity index (χ3v) is 5.19. The molecule has 5 nitrogen and oxygen atoms in total. The van der Waals surface area contributed by atoms with Gasteiger partial charge in [0, 0.05) is 24.2 Å². The van der Waals surface area contributed by atoms with E-state index < -0.39 is 9.84 Å². The number of likely N-dealkylation sites (tertiary alicyclic amines) is 1. The van der Waals surface area contributed by atoms with E-state index in [-0.39, 0.29) is 24.1 Å². The third-order valence-electron chi connectivity index (χ3n) is 4.01. The van der Waals surface area contributed by atoms with E-state index in [2.05, 4.69) is 10.2 Å². The van der Waals surface area contributed by atoms with Gasteiger partial charge >= 0.3 is 0 Å². The van der Waals surface area contributed by atoms with Crippen molar-refractivity contribution in [2.75, 3.05) is 31.6 Å². The molecule has 1 aromatic carbocycles. The summed E-state index contributed by atoms with van der Waals surface area (Å²) in [6.45, 7) is 2.45. The van der Waals surface area contributed by atoms with E-state index in [1.54, 1.807) is 0 Å². The first-order valence-corrected chi connectivity index (χ1v) is 10.2. The molecule has 0 radical (unpaired) electrons. The average molecular weight is 359 g/mol. The van der Waals surface area contributed by atoms with Crippen LogP contribution in [0.2, 0.25) is 5.02 Å². The van der Waals surface area contributed by atoms with Crippen LogP contribution in [0.15, 0.2) is 24.3 Å². The lowest BCUT2D eigenvalue weighted by molar-refractivity contribution is -0.120. The first kappa shape index (κ1) is 18.2. The van der Waals surface area contributed by atoms with Crippen LogP contribution in [0, 0.1) is 0 Å². The zero-order valence-electron chi connectivity index (χ0n) is 13.3. The smallest absolute Gasteiger partial charge is 0.221 e. The van der Waals surface area contributed by atoms with Crippen molar-refractivity contribution in [3.63, 3.8) is 0 Å². The number of hydrogen-bond donors (Lipinski definition) is 1. The van der Waals surface area contributed by atoms with Crippen LogP contribution < -0.4 is 5.32 Å². The van der Waals surface area contributed by atoms with Crippen molar-refractivity contribution in [1.82, 2.24) is 10.2 Å². The molecule has 1 unspecified atom stereocenters. The number of halogens is 1. The minimum atomic E-state index is -3.12. The summed E-state index contributed by atoms with van der Waals surface area (Å²) in [5, 5.41) is 3.54. The van der Waals surface area contributed by atoms with Crippen molar-refractivity contribution in [3.05, 3.63) is 34.9 Å². The number of nitrogens with zero attached hydrogens (tertiary/aromatic N) is 1. The molecule has 0 bridgehead atoms. The summed E-state index contributed by atoms with van der Waals surface area (Å²) in [5.41, 5.74) is 1.07. The van der Waals surface area contributed by atoms with Gasteiger partial charge in [0.05, 0.1) is 11.8 Å². The van der Waals surface area contributed by atoms with Crippen LogP contribution in [0.3, 0.4) is 0 Å². The summed E-state index contributed by atoms with van der Waals surface area (Å²) in [6, 6.07) is 7.74. The van der Waals surface area contributed by atoms with E-state index in [0.29, 0.717) is 11.6 Å². The molecule has 7 heteroatoms. The molecule has 128 valence electrons. The van der Waals surface area contributed by atoms with Gasteiger partial charge in [-0.05, 0) is 43.6 Å². The predicted octanol–water partition coefficient (Wildman–Crippen LogP) is 2.03. The number of nitrogens with one attached hydrogen (secondary N) is 1. The molecule has 0 aliphatic carbocycles. The van der Waals surface area contributed by atoms with E-state index >= 15 is 0 Å². The highest BCUT2D eigenvalue weighted by atomic mass is 35.5. The predicted molar refractivity (Wildman–Crippen MR) is 92.3 cm³/mol. The third kappa shape index (κ3) is 6.12.